The fourth-order valence-electron chi connectivity index (χ4n) is 2.35. The first-order valence-corrected chi connectivity index (χ1v) is 8.15. The molecule has 4 nitrogen and oxygen atoms in total. The van der Waals surface area contributed by atoms with Crippen LogP contribution in [-0.2, 0) is 9.53 Å². The van der Waals surface area contributed by atoms with Gasteiger partial charge in [-0.25, -0.2) is 0 Å². The molecule has 20 heavy (non-hydrogen) atoms. The molecule has 0 saturated carbocycles. The number of ether oxygens (including phenoxy) is 1. The van der Waals surface area contributed by atoms with Crippen LogP contribution < -0.4 is 10.6 Å². The van der Waals surface area contributed by atoms with E-state index in [0.29, 0.717) is 19.1 Å². The highest BCUT2D eigenvalue weighted by atomic mass is 32.1. The summed E-state index contributed by atoms with van der Waals surface area (Å²) < 4.78 is 5.75. The Morgan fingerprint density at radius 1 is 1.50 bits per heavy atom. The van der Waals surface area contributed by atoms with E-state index in [4.69, 9.17) is 4.74 Å². The van der Waals surface area contributed by atoms with Gasteiger partial charge in [-0.2, -0.15) is 0 Å². The summed E-state index contributed by atoms with van der Waals surface area (Å²) in [6, 6.07) is 4.25. The Bertz CT molecular complexity index is 427. The topological polar surface area (TPSA) is 50.4 Å². The minimum atomic E-state index is 0.0671. The molecule has 5 heteroatoms. The molecule has 0 spiro atoms. The highest BCUT2D eigenvalue weighted by Crippen LogP contribution is 2.22. The van der Waals surface area contributed by atoms with Crippen LogP contribution in [0.4, 0.5) is 0 Å². The molecule has 112 valence electrons. The van der Waals surface area contributed by atoms with E-state index in [1.54, 1.807) is 11.3 Å². The normalized spacial score (nSPS) is 17.9. The Morgan fingerprint density at radius 2 is 2.25 bits per heavy atom. The Morgan fingerprint density at radius 3 is 2.90 bits per heavy atom. The zero-order valence-corrected chi connectivity index (χ0v) is 13.1. The van der Waals surface area contributed by atoms with Crippen LogP contribution in [0.25, 0.3) is 0 Å². The third kappa shape index (κ3) is 4.89. The van der Waals surface area contributed by atoms with Crippen LogP contribution in [0.2, 0.25) is 0 Å². The number of rotatable bonds is 6. The molecule has 0 aliphatic carbocycles. The highest BCUT2D eigenvalue weighted by molar-refractivity contribution is 7.12. The van der Waals surface area contributed by atoms with Crippen molar-refractivity contribution in [2.24, 2.45) is 0 Å². The first-order valence-electron chi connectivity index (χ1n) is 7.33. The lowest BCUT2D eigenvalue weighted by atomic mass is 10.1. The van der Waals surface area contributed by atoms with E-state index in [-0.39, 0.29) is 11.9 Å². The molecule has 0 aromatic carbocycles. The van der Waals surface area contributed by atoms with E-state index in [0.717, 1.165) is 25.9 Å². The van der Waals surface area contributed by atoms with Gasteiger partial charge < -0.3 is 15.4 Å². The van der Waals surface area contributed by atoms with E-state index in [1.807, 2.05) is 6.92 Å². The van der Waals surface area contributed by atoms with Gasteiger partial charge in [0.25, 0.3) is 0 Å². The van der Waals surface area contributed by atoms with Gasteiger partial charge in [0.1, 0.15) is 0 Å². The Labute approximate surface area is 124 Å². The molecule has 2 rings (SSSR count). The highest BCUT2D eigenvalue weighted by Gasteiger charge is 2.15. The van der Waals surface area contributed by atoms with Crippen molar-refractivity contribution in [1.29, 1.82) is 0 Å². The second-order valence-electron chi connectivity index (χ2n) is 5.31. The zero-order chi connectivity index (χ0) is 14.4. The molecule has 1 aliphatic rings. The third-order valence-corrected chi connectivity index (χ3v) is 4.72. The monoisotopic (exact) mass is 296 g/mol. The van der Waals surface area contributed by atoms with Crippen molar-refractivity contribution in [1.82, 2.24) is 10.6 Å². The average Bonchev–Trinajstić information content (AvgIpc) is 2.87. The first-order chi connectivity index (χ1) is 9.65. The molecule has 2 heterocycles. The minimum Gasteiger partial charge on any atom is -0.378 e. The molecule has 0 radical (unpaired) electrons. The van der Waals surface area contributed by atoms with Gasteiger partial charge in [-0.15, -0.1) is 11.3 Å². The smallest absolute Gasteiger partial charge is 0.222 e. The van der Waals surface area contributed by atoms with Gasteiger partial charge in [0.05, 0.1) is 18.8 Å². The summed E-state index contributed by atoms with van der Waals surface area (Å²) in [6.45, 7) is 6.66. The summed E-state index contributed by atoms with van der Waals surface area (Å²) >= 11 is 1.73. The van der Waals surface area contributed by atoms with Gasteiger partial charge in [-0.1, -0.05) is 0 Å². The molecule has 1 saturated heterocycles. The second-order valence-corrected chi connectivity index (χ2v) is 6.63. The number of thiophene rings is 1. The van der Waals surface area contributed by atoms with Crippen LogP contribution in [0.15, 0.2) is 12.1 Å². The lowest BCUT2D eigenvalue weighted by Gasteiger charge is -2.23. The molecular weight excluding hydrogens is 272 g/mol. The van der Waals surface area contributed by atoms with Crippen LogP contribution in [0, 0.1) is 6.92 Å². The van der Waals surface area contributed by atoms with Gasteiger partial charge >= 0.3 is 0 Å². The summed E-state index contributed by atoms with van der Waals surface area (Å²) in [5.74, 6) is 0.0671. The molecular formula is C15H24N2O2S. The van der Waals surface area contributed by atoms with Crippen molar-refractivity contribution in [2.45, 2.75) is 45.3 Å². The summed E-state index contributed by atoms with van der Waals surface area (Å²) in [5.41, 5.74) is 0. The maximum Gasteiger partial charge on any atom is 0.222 e. The third-order valence-electron chi connectivity index (χ3n) is 3.53. The van der Waals surface area contributed by atoms with Gasteiger partial charge in [0, 0.05) is 16.2 Å². The quantitative estimate of drug-likeness (QED) is 0.847. The minimum absolute atomic E-state index is 0.0671. The Hall–Kier alpha value is -0.910. The van der Waals surface area contributed by atoms with E-state index in [9.17, 15) is 4.79 Å². The van der Waals surface area contributed by atoms with E-state index in [1.165, 1.54) is 9.75 Å². The van der Waals surface area contributed by atoms with Crippen LogP contribution in [-0.4, -0.2) is 31.7 Å². The molecule has 1 aliphatic heterocycles. The number of hydrogen-bond acceptors (Lipinski definition) is 4. The van der Waals surface area contributed by atoms with Crippen LogP contribution >= 0.6 is 11.3 Å². The molecule has 1 aromatic rings. The van der Waals surface area contributed by atoms with Crippen LogP contribution in [0.1, 0.15) is 42.0 Å². The van der Waals surface area contributed by atoms with Crippen molar-refractivity contribution < 1.29 is 9.53 Å². The van der Waals surface area contributed by atoms with Crippen LogP contribution in [0.5, 0.6) is 0 Å². The lowest BCUT2D eigenvalue weighted by Crippen LogP contribution is -2.33. The molecule has 0 bridgehead atoms. The van der Waals surface area contributed by atoms with Gasteiger partial charge in [-0.3, -0.25) is 4.79 Å². The lowest BCUT2D eigenvalue weighted by molar-refractivity contribution is -0.123. The molecule has 1 atom stereocenters. The number of aryl methyl sites for hydroxylation is 1. The van der Waals surface area contributed by atoms with Crippen molar-refractivity contribution >= 4 is 17.2 Å². The largest absolute Gasteiger partial charge is 0.378 e. The number of piperidine rings is 1. The van der Waals surface area contributed by atoms with Crippen molar-refractivity contribution in [3.8, 4) is 0 Å². The maximum atomic E-state index is 11.9. The fraction of sp³-hybridized carbons (Fsp3) is 0.667. The molecule has 1 unspecified atom stereocenters. The Kier molecular flexibility index (Phi) is 6.01. The summed E-state index contributed by atoms with van der Waals surface area (Å²) in [6.07, 6.45) is 2.86. The first kappa shape index (κ1) is 15.5. The fourth-order valence-corrected chi connectivity index (χ4v) is 3.23. The summed E-state index contributed by atoms with van der Waals surface area (Å²) in [4.78, 5) is 14.4. The van der Waals surface area contributed by atoms with E-state index < -0.39 is 0 Å². The molecule has 1 amide bonds. The second kappa shape index (κ2) is 7.76. The van der Waals surface area contributed by atoms with Crippen molar-refractivity contribution in [3.63, 3.8) is 0 Å². The summed E-state index contributed by atoms with van der Waals surface area (Å²) in [5, 5.41) is 6.33. The number of hydrogen-bond donors (Lipinski definition) is 2. The number of carbonyl (C=O) groups is 1. The zero-order valence-electron chi connectivity index (χ0n) is 12.3. The predicted molar refractivity (Wildman–Crippen MR) is 82.1 cm³/mol. The summed E-state index contributed by atoms with van der Waals surface area (Å²) in [7, 11) is 0. The molecule has 1 aromatic heterocycles. The van der Waals surface area contributed by atoms with Gasteiger partial charge in [0.15, 0.2) is 0 Å². The average molecular weight is 296 g/mol. The Balaban J connectivity index is 1.64. The van der Waals surface area contributed by atoms with E-state index in [2.05, 4.69) is 29.7 Å². The number of amides is 1. The van der Waals surface area contributed by atoms with Crippen molar-refractivity contribution in [2.75, 3.05) is 19.7 Å². The predicted octanol–water partition coefficient (Wildman–Crippen LogP) is 2.39. The van der Waals surface area contributed by atoms with Gasteiger partial charge in [-0.05, 0) is 51.9 Å². The van der Waals surface area contributed by atoms with Crippen LogP contribution in [0.3, 0.4) is 0 Å². The maximum absolute atomic E-state index is 11.9. The van der Waals surface area contributed by atoms with Gasteiger partial charge in [0.2, 0.25) is 5.91 Å². The van der Waals surface area contributed by atoms with E-state index >= 15 is 0 Å². The number of carbonyl (C=O) groups excluding carboxylic acids is 1. The SMILES string of the molecule is Cc1ccc(C(C)NC(=O)CCOC2CCNCC2)s1. The molecule has 1 fully saturated rings. The standard InChI is InChI=1S/C15H24N2O2S/c1-11-3-4-14(20-11)12(2)17-15(18)7-10-19-13-5-8-16-9-6-13/h3-4,12-13,16H,5-10H2,1-2H3,(H,17,18). The molecule has 2 N–H and O–H groups in total. The number of nitrogens with one attached hydrogen (secondary N) is 2. The van der Waals surface area contributed by atoms with Crippen molar-refractivity contribution in [3.05, 3.63) is 21.9 Å².